The molecule has 0 radical (unpaired) electrons. The van der Waals surface area contributed by atoms with Gasteiger partial charge in [-0.25, -0.2) is 4.79 Å². The number of carbonyl (C=O) groups is 1. The summed E-state index contributed by atoms with van der Waals surface area (Å²) in [5, 5.41) is 9.79. The molecule has 0 aliphatic carbocycles. The quantitative estimate of drug-likeness (QED) is 0.366. The van der Waals surface area contributed by atoms with E-state index in [1.807, 2.05) is 6.07 Å². The molecule has 1 aromatic carbocycles. The van der Waals surface area contributed by atoms with E-state index in [1.165, 1.54) is 0 Å². The van der Waals surface area contributed by atoms with Gasteiger partial charge >= 0.3 is 5.97 Å². The van der Waals surface area contributed by atoms with Gasteiger partial charge in [-0.05, 0) is 33.2 Å². The molecule has 1 rings (SSSR count). The predicted octanol–water partition coefficient (Wildman–Crippen LogP) is 6.86. The highest BCUT2D eigenvalue weighted by molar-refractivity contribution is 9.11. The van der Waals surface area contributed by atoms with E-state index < -0.39 is 14.3 Å². The average Bonchev–Trinajstić information content (AvgIpc) is 2.51. The fourth-order valence-corrected chi connectivity index (χ4v) is 9.18. The number of hydrogen-bond acceptors (Lipinski definition) is 2. The van der Waals surface area contributed by atoms with E-state index in [-0.39, 0.29) is 5.56 Å². The highest BCUT2D eigenvalue weighted by Gasteiger charge is 2.47. The lowest BCUT2D eigenvalue weighted by atomic mass is 10.1. The Balaban J connectivity index is 3.50. The highest BCUT2D eigenvalue weighted by atomic mass is 79.9. The molecule has 0 aliphatic rings. The molecule has 0 bridgehead atoms. The van der Waals surface area contributed by atoms with Crippen LogP contribution < -0.4 is 4.43 Å². The fraction of sp³-hybridized carbons (Fsp3) is 0.450. The van der Waals surface area contributed by atoms with Gasteiger partial charge in [-0.15, -0.1) is 0 Å². The molecular weight excluding hydrogens is 396 g/mol. The number of carboxylic acids is 1. The van der Waals surface area contributed by atoms with E-state index in [0.717, 1.165) is 0 Å². The van der Waals surface area contributed by atoms with Crippen molar-refractivity contribution >= 4 is 36.3 Å². The third-order valence-electron chi connectivity index (χ3n) is 4.73. The Morgan fingerprint density at radius 1 is 1.08 bits per heavy atom. The second kappa shape index (κ2) is 9.39. The number of aromatic carboxylic acids is 1. The summed E-state index contributed by atoms with van der Waals surface area (Å²) in [5.41, 5.74) is 2.02. The molecule has 0 aliphatic heterocycles. The van der Waals surface area contributed by atoms with Gasteiger partial charge < -0.3 is 9.53 Å². The van der Waals surface area contributed by atoms with Gasteiger partial charge in [0.25, 0.3) is 8.32 Å². The summed E-state index contributed by atoms with van der Waals surface area (Å²) in [4.78, 5) is 13.7. The summed E-state index contributed by atoms with van der Waals surface area (Å²) < 4.78 is 6.62. The lowest BCUT2D eigenvalue weighted by Crippen LogP contribution is -2.51. The first-order chi connectivity index (χ1) is 11.7. The molecular formula is C20H29BrO3Si. The Hall–Kier alpha value is -1.33. The van der Waals surface area contributed by atoms with Gasteiger partial charge in [0.2, 0.25) is 0 Å². The molecule has 3 nitrogen and oxygen atoms in total. The van der Waals surface area contributed by atoms with E-state index in [0.29, 0.717) is 27.9 Å². The van der Waals surface area contributed by atoms with E-state index in [2.05, 4.69) is 57.5 Å². The van der Waals surface area contributed by atoms with Crippen LogP contribution in [0.5, 0.6) is 5.75 Å². The van der Waals surface area contributed by atoms with Crippen LogP contribution in [0.2, 0.25) is 16.6 Å². The highest BCUT2D eigenvalue weighted by Crippen LogP contribution is 2.43. The van der Waals surface area contributed by atoms with Gasteiger partial charge in [-0.3, -0.25) is 0 Å². The number of carboxylic acid groups (broad SMARTS) is 1. The minimum Gasteiger partial charge on any atom is -0.542 e. The van der Waals surface area contributed by atoms with Crippen molar-refractivity contribution in [1.29, 1.82) is 0 Å². The SMILES string of the molecule is CC(C)[Si](Oc1cccc(/C=C/C=C/Br)c1C(=O)O)(C(C)C)C(C)C. The summed E-state index contributed by atoms with van der Waals surface area (Å²) in [5.74, 6) is -0.475. The first-order valence-electron chi connectivity index (χ1n) is 8.67. The van der Waals surface area contributed by atoms with Crippen molar-refractivity contribution in [3.8, 4) is 5.75 Å². The van der Waals surface area contributed by atoms with E-state index in [1.54, 1.807) is 35.3 Å². The normalized spacial score (nSPS) is 12.9. The zero-order chi connectivity index (χ0) is 19.2. The number of allylic oxidation sites excluding steroid dienone is 2. The van der Waals surface area contributed by atoms with Crippen LogP contribution in [0.3, 0.4) is 0 Å². The Morgan fingerprint density at radius 2 is 1.64 bits per heavy atom. The zero-order valence-electron chi connectivity index (χ0n) is 15.9. The van der Waals surface area contributed by atoms with Crippen molar-refractivity contribution in [2.45, 2.75) is 58.2 Å². The molecule has 0 heterocycles. The van der Waals surface area contributed by atoms with Crippen LogP contribution in [0.15, 0.2) is 35.3 Å². The second-order valence-corrected chi connectivity index (χ2v) is 13.0. The summed E-state index contributed by atoms with van der Waals surface area (Å²) in [6, 6.07) is 5.45. The number of hydrogen-bond donors (Lipinski definition) is 1. The maximum absolute atomic E-state index is 11.9. The van der Waals surface area contributed by atoms with Gasteiger partial charge in [-0.1, -0.05) is 87.8 Å². The monoisotopic (exact) mass is 424 g/mol. The molecule has 1 N–H and O–H groups in total. The molecule has 0 fully saturated rings. The third kappa shape index (κ3) is 4.85. The summed E-state index contributed by atoms with van der Waals surface area (Å²) in [6.45, 7) is 13.2. The molecule has 138 valence electrons. The summed E-state index contributed by atoms with van der Waals surface area (Å²) in [6.07, 6.45) is 5.39. The number of benzene rings is 1. The standard InChI is InChI=1S/C20H29BrO3Si/c1-14(2)25(15(3)4,16(5)6)24-18-12-9-11-17(10-7-8-13-21)19(18)20(22)23/h7-16H,1-6H3,(H,22,23)/b10-7+,13-8+. The Morgan fingerprint density at radius 3 is 2.08 bits per heavy atom. The second-order valence-electron chi connectivity index (χ2n) is 7.12. The summed E-state index contributed by atoms with van der Waals surface area (Å²) in [7, 11) is -2.22. The molecule has 0 unspecified atom stereocenters. The van der Waals surface area contributed by atoms with Crippen LogP contribution in [-0.2, 0) is 0 Å². The van der Waals surface area contributed by atoms with Gasteiger partial charge in [0, 0.05) is 0 Å². The van der Waals surface area contributed by atoms with E-state index in [4.69, 9.17) is 4.43 Å². The number of halogens is 1. The van der Waals surface area contributed by atoms with Crippen molar-refractivity contribution in [2.75, 3.05) is 0 Å². The third-order valence-corrected chi connectivity index (χ3v) is 11.0. The molecule has 0 aromatic heterocycles. The van der Waals surface area contributed by atoms with E-state index >= 15 is 0 Å². The molecule has 0 atom stereocenters. The minimum atomic E-state index is -2.22. The first kappa shape index (κ1) is 21.7. The Bertz CT molecular complexity index is 627. The van der Waals surface area contributed by atoms with Gasteiger partial charge in [0.1, 0.15) is 11.3 Å². The van der Waals surface area contributed by atoms with Gasteiger partial charge in [0.05, 0.1) is 0 Å². The van der Waals surface area contributed by atoms with Crippen molar-refractivity contribution in [3.05, 3.63) is 46.5 Å². The Kier molecular flexibility index (Phi) is 8.15. The molecule has 0 spiro atoms. The smallest absolute Gasteiger partial charge is 0.340 e. The van der Waals surface area contributed by atoms with Crippen LogP contribution in [0, 0.1) is 0 Å². The molecule has 0 amide bonds. The maximum Gasteiger partial charge on any atom is 0.340 e. The lowest BCUT2D eigenvalue weighted by Gasteiger charge is -2.42. The van der Waals surface area contributed by atoms with Crippen molar-refractivity contribution in [3.63, 3.8) is 0 Å². The Labute approximate surface area is 161 Å². The molecule has 0 saturated heterocycles. The van der Waals surface area contributed by atoms with Gasteiger partial charge in [0.15, 0.2) is 0 Å². The molecule has 0 saturated carbocycles. The topological polar surface area (TPSA) is 46.5 Å². The lowest BCUT2D eigenvalue weighted by molar-refractivity contribution is 0.0694. The van der Waals surface area contributed by atoms with Crippen LogP contribution in [0.1, 0.15) is 57.5 Å². The van der Waals surface area contributed by atoms with Crippen molar-refractivity contribution < 1.29 is 14.3 Å². The van der Waals surface area contributed by atoms with Crippen LogP contribution in [0.4, 0.5) is 0 Å². The largest absolute Gasteiger partial charge is 0.542 e. The molecule has 5 heteroatoms. The van der Waals surface area contributed by atoms with Crippen LogP contribution in [0.25, 0.3) is 6.08 Å². The average molecular weight is 425 g/mol. The zero-order valence-corrected chi connectivity index (χ0v) is 18.5. The van der Waals surface area contributed by atoms with Gasteiger partial charge in [-0.2, -0.15) is 0 Å². The maximum atomic E-state index is 11.9. The van der Waals surface area contributed by atoms with Crippen LogP contribution >= 0.6 is 15.9 Å². The minimum absolute atomic E-state index is 0.237. The molecule has 25 heavy (non-hydrogen) atoms. The molecule has 1 aromatic rings. The van der Waals surface area contributed by atoms with Crippen LogP contribution in [-0.4, -0.2) is 19.4 Å². The fourth-order valence-electron chi connectivity index (χ4n) is 3.75. The first-order valence-corrected chi connectivity index (χ1v) is 11.7. The predicted molar refractivity (Wildman–Crippen MR) is 112 cm³/mol. The summed E-state index contributed by atoms with van der Waals surface area (Å²) >= 11 is 3.21. The number of rotatable bonds is 8. The van der Waals surface area contributed by atoms with Crippen molar-refractivity contribution in [1.82, 2.24) is 0 Å². The van der Waals surface area contributed by atoms with E-state index in [9.17, 15) is 9.90 Å². The van der Waals surface area contributed by atoms with Crippen molar-refractivity contribution in [2.24, 2.45) is 0 Å².